The van der Waals surface area contributed by atoms with E-state index in [4.69, 9.17) is 14.3 Å². The number of hydrogen-bond donors (Lipinski definition) is 3. The van der Waals surface area contributed by atoms with Crippen molar-refractivity contribution >= 4 is 71.5 Å². The summed E-state index contributed by atoms with van der Waals surface area (Å²) in [5.74, 6) is -0.152. The van der Waals surface area contributed by atoms with Crippen molar-refractivity contribution in [1.82, 2.24) is 0 Å². The van der Waals surface area contributed by atoms with Gasteiger partial charge in [-0.3, -0.25) is 9.79 Å². The zero-order valence-corrected chi connectivity index (χ0v) is 18.2. The third-order valence-corrected chi connectivity index (χ3v) is 5.07. The molecule has 2 aromatic carbocycles. The minimum absolute atomic E-state index is 0. The second-order valence-electron chi connectivity index (χ2n) is 4.13. The molecule has 0 saturated heterocycles. The molecule has 6 nitrogen and oxygen atoms in total. The van der Waals surface area contributed by atoms with Crippen LogP contribution in [-0.2, 0) is 4.57 Å². The van der Waals surface area contributed by atoms with Gasteiger partial charge in [-0.15, -0.1) is 0 Å². The normalized spacial score (nSPS) is 11.0. The molecular weight excluding hydrogens is 591 g/mol. The van der Waals surface area contributed by atoms with Crippen molar-refractivity contribution in [2.45, 2.75) is 0 Å². The molecule has 0 unspecified atom stereocenters. The molecule has 11 heteroatoms. The van der Waals surface area contributed by atoms with Gasteiger partial charge >= 0.3 is 7.82 Å². The third kappa shape index (κ3) is 5.27. The standard InChI is InChI=1S/C12H7Br4O5P.H2O/c13-5-1-7(11(17)9(15)3-5)8-2-6(14)4-10(16)12(8)21-22(18,19)20;/h1-4,17H,(H2,18,19,20);1H2. The Morgan fingerprint density at radius 3 is 1.87 bits per heavy atom. The number of phosphoric ester groups is 1. The van der Waals surface area contributed by atoms with Crippen LogP contribution in [0.2, 0.25) is 0 Å². The van der Waals surface area contributed by atoms with E-state index in [1.807, 2.05) is 0 Å². The number of phosphoric acid groups is 1. The van der Waals surface area contributed by atoms with Crippen LogP contribution in [0.5, 0.6) is 11.5 Å². The second kappa shape index (κ2) is 7.97. The molecule has 126 valence electrons. The first-order valence-corrected chi connectivity index (χ1v) is 10.2. The molecule has 0 aliphatic heterocycles. The lowest BCUT2D eigenvalue weighted by molar-refractivity contribution is 0.283. The molecule has 0 heterocycles. The highest BCUT2D eigenvalue weighted by atomic mass is 79.9. The highest BCUT2D eigenvalue weighted by molar-refractivity contribution is 9.11. The van der Waals surface area contributed by atoms with Crippen LogP contribution in [0.1, 0.15) is 0 Å². The van der Waals surface area contributed by atoms with Crippen LogP contribution in [0.25, 0.3) is 11.1 Å². The van der Waals surface area contributed by atoms with Gasteiger partial charge in [0.15, 0.2) is 5.75 Å². The molecule has 0 spiro atoms. The maximum Gasteiger partial charge on any atom is 0.524 e. The minimum atomic E-state index is -4.77. The van der Waals surface area contributed by atoms with Crippen LogP contribution < -0.4 is 4.52 Å². The highest BCUT2D eigenvalue weighted by Gasteiger charge is 2.24. The fraction of sp³-hybridized carbons (Fsp3) is 0. The largest absolute Gasteiger partial charge is 0.524 e. The molecule has 0 amide bonds. The average molecular weight is 600 g/mol. The van der Waals surface area contributed by atoms with E-state index in [2.05, 4.69) is 63.7 Å². The Bertz CT molecular complexity index is 792. The summed E-state index contributed by atoms with van der Waals surface area (Å²) in [5.41, 5.74) is 0.649. The predicted molar refractivity (Wildman–Crippen MR) is 101 cm³/mol. The van der Waals surface area contributed by atoms with E-state index in [9.17, 15) is 9.67 Å². The average Bonchev–Trinajstić information content (AvgIpc) is 2.35. The summed E-state index contributed by atoms with van der Waals surface area (Å²) in [7, 11) is -4.77. The van der Waals surface area contributed by atoms with Gasteiger partial charge in [0, 0.05) is 20.1 Å². The number of benzene rings is 2. The molecule has 0 fully saturated rings. The molecule has 0 aliphatic carbocycles. The predicted octanol–water partition coefficient (Wildman–Crippen LogP) is 4.76. The summed E-state index contributed by atoms with van der Waals surface area (Å²) >= 11 is 13.0. The molecule has 23 heavy (non-hydrogen) atoms. The maximum atomic E-state index is 11.2. The highest BCUT2D eigenvalue weighted by Crippen LogP contribution is 2.50. The van der Waals surface area contributed by atoms with E-state index in [1.165, 1.54) is 0 Å². The fourth-order valence-electron chi connectivity index (χ4n) is 1.74. The Labute approximate surface area is 164 Å². The van der Waals surface area contributed by atoms with Crippen molar-refractivity contribution in [2.24, 2.45) is 0 Å². The monoisotopic (exact) mass is 596 g/mol. The topological polar surface area (TPSA) is 118 Å². The molecular formula is C12H9Br4O6P. The van der Waals surface area contributed by atoms with Crippen LogP contribution in [0.4, 0.5) is 0 Å². The molecule has 0 aliphatic rings. The van der Waals surface area contributed by atoms with E-state index >= 15 is 0 Å². The van der Waals surface area contributed by atoms with Gasteiger partial charge in [0.2, 0.25) is 0 Å². The molecule has 2 aromatic rings. The summed E-state index contributed by atoms with van der Waals surface area (Å²) in [6, 6.07) is 6.43. The lowest BCUT2D eigenvalue weighted by Gasteiger charge is -2.16. The summed E-state index contributed by atoms with van der Waals surface area (Å²) in [4.78, 5) is 18.2. The summed E-state index contributed by atoms with van der Waals surface area (Å²) < 4.78 is 18.0. The van der Waals surface area contributed by atoms with Crippen LogP contribution in [-0.4, -0.2) is 20.4 Å². The number of hydrogen-bond acceptors (Lipinski definition) is 3. The number of halogens is 4. The summed E-state index contributed by atoms with van der Waals surface area (Å²) in [5, 5.41) is 10.2. The van der Waals surface area contributed by atoms with Gasteiger partial charge in [-0.25, -0.2) is 4.57 Å². The van der Waals surface area contributed by atoms with Crippen LogP contribution in [0, 0.1) is 0 Å². The zero-order chi connectivity index (χ0) is 16.7. The molecule has 5 N–H and O–H groups in total. The Hall–Kier alpha value is 0.0700. The Balaban J connectivity index is 0.00000264. The Morgan fingerprint density at radius 2 is 1.35 bits per heavy atom. The Morgan fingerprint density at radius 1 is 0.870 bits per heavy atom. The molecule has 0 saturated carbocycles. The van der Waals surface area contributed by atoms with E-state index in [0.717, 1.165) is 0 Å². The fourth-order valence-corrected chi connectivity index (χ4v) is 4.83. The lowest BCUT2D eigenvalue weighted by atomic mass is 10.0. The molecule has 0 atom stereocenters. The van der Waals surface area contributed by atoms with Gasteiger partial charge < -0.3 is 15.1 Å². The second-order valence-corrected chi connectivity index (χ2v) is 8.83. The number of rotatable bonds is 3. The first kappa shape index (κ1) is 21.1. The summed E-state index contributed by atoms with van der Waals surface area (Å²) in [6.45, 7) is 0. The van der Waals surface area contributed by atoms with E-state index in [0.29, 0.717) is 29.0 Å². The minimum Gasteiger partial charge on any atom is -0.506 e. The first-order valence-electron chi connectivity index (χ1n) is 5.51. The summed E-state index contributed by atoms with van der Waals surface area (Å²) in [6.07, 6.45) is 0. The van der Waals surface area contributed by atoms with E-state index in [-0.39, 0.29) is 17.0 Å². The van der Waals surface area contributed by atoms with Gasteiger partial charge in [-0.1, -0.05) is 31.9 Å². The Kier molecular flexibility index (Phi) is 7.31. The number of aromatic hydroxyl groups is 1. The number of phenolic OH excluding ortho intramolecular Hbond substituents is 1. The third-order valence-electron chi connectivity index (χ3n) is 2.54. The first-order chi connectivity index (χ1) is 10.1. The lowest BCUT2D eigenvalue weighted by Crippen LogP contribution is -1.95. The van der Waals surface area contributed by atoms with Crippen molar-refractivity contribution in [3.8, 4) is 22.6 Å². The van der Waals surface area contributed by atoms with E-state index in [1.54, 1.807) is 24.3 Å². The van der Waals surface area contributed by atoms with Gasteiger partial charge in [-0.05, 0) is 56.1 Å². The molecule has 0 radical (unpaired) electrons. The molecule has 0 aromatic heterocycles. The number of phenols is 1. The van der Waals surface area contributed by atoms with Crippen LogP contribution >= 0.6 is 71.5 Å². The van der Waals surface area contributed by atoms with Crippen LogP contribution in [0.15, 0.2) is 42.2 Å². The van der Waals surface area contributed by atoms with Crippen molar-refractivity contribution in [1.29, 1.82) is 0 Å². The molecule has 2 rings (SSSR count). The van der Waals surface area contributed by atoms with Gasteiger partial charge in [0.05, 0.1) is 8.95 Å². The van der Waals surface area contributed by atoms with Crippen molar-refractivity contribution < 1.29 is 29.5 Å². The van der Waals surface area contributed by atoms with Crippen molar-refractivity contribution in [2.75, 3.05) is 0 Å². The van der Waals surface area contributed by atoms with E-state index < -0.39 is 7.82 Å². The molecule has 0 bridgehead atoms. The maximum absolute atomic E-state index is 11.2. The zero-order valence-electron chi connectivity index (χ0n) is 10.9. The van der Waals surface area contributed by atoms with Crippen LogP contribution in [0.3, 0.4) is 0 Å². The van der Waals surface area contributed by atoms with Gasteiger partial charge in [0.25, 0.3) is 0 Å². The van der Waals surface area contributed by atoms with Gasteiger partial charge in [0.1, 0.15) is 5.75 Å². The van der Waals surface area contributed by atoms with Crippen molar-refractivity contribution in [3.63, 3.8) is 0 Å². The SMILES string of the molecule is O.O=P(O)(O)Oc1c(Br)cc(Br)cc1-c1cc(Br)cc(Br)c1O. The van der Waals surface area contributed by atoms with Crippen molar-refractivity contribution in [3.05, 3.63) is 42.2 Å². The quantitative estimate of drug-likeness (QED) is 0.440. The van der Waals surface area contributed by atoms with Gasteiger partial charge in [-0.2, -0.15) is 0 Å². The smallest absolute Gasteiger partial charge is 0.506 e.